The Labute approximate surface area is 195 Å². The summed E-state index contributed by atoms with van der Waals surface area (Å²) in [6, 6.07) is 16.6. The minimum absolute atomic E-state index is 0.0328. The molecule has 174 valence electrons. The van der Waals surface area contributed by atoms with E-state index < -0.39 is 20.7 Å². The highest BCUT2D eigenvalue weighted by Crippen LogP contribution is 2.28. The van der Waals surface area contributed by atoms with E-state index in [1.807, 2.05) is 6.07 Å². The van der Waals surface area contributed by atoms with Gasteiger partial charge in [-0.25, -0.2) is 8.42 Å². The minimum atomic E-state index is -3.89. The van der Waals surface area contributed by atoms with Crippen LogP contribution < -0.4 is 14.8 Å². The first-order chi connectivity index (χ1) is 16.2. The fourth-order valence-corrected chi connectivity index (χ4v) is 4.17. The van der Waals surface area contributed by atoms with E-state index in [0.717, 1.165) is 12.1 Å². The lowest BCUT2D eigenvalue weighted by molar-refractivity contribution is -0.384. The number of nitrogens with zero attached hydrogens (tertiary/aromatic N) is 2. The summed E-state index contributed by atoms with van der Waals surface area (Å²) in [4.78, 5) is 22.3. The van der Waals surface area contributed by atoms with Crippen LogP contribution in [0.1, 0.15) is 12.5 Å². The molecule has 0 saturated heterocycles. The third-order valence-corrected chi connectivity index (χ3v) is 6.32. The van der Waals surface area contributed by atoms with E-state index in [4.69, 9.17) is 14.7 Å². The van der Waals surface area contributed by atoms with Gasteiger partial charge >= 0.3 is 0 Å². The first kappa shape index (κ1) is 24.2. The van der Waals surface area contributed by atoms with Crippen LogP contribution in [-0.2, 0) is 14.6 Å². The lowest BCUT2D eigenvalue weighted by Crippen LogP contribution is -2.20. The predicted octanol–water partition coefficient (Wildman–Crippen LogP) is 3.72. The van der Waals surface area contributed by atoms with Gasteiger partial charge < -0.3 is 14.8 Å². The molecule has 0 unspecified atom stereocenters. The molecule has 1 amide bonds. The first-order valence-electron chi connectivity index (χ1n) is 9.94. The molecule has 10 nitrogen and oxygen atoms in total. The molecule has 11 heteroatoms. The number of nitro groups is 1. The number of hydrogen-bond acceptors (Lipinski definition) is 8. The van der Waals surface area contributed by atoms with Crippen molar-refractivity contribution in [3.8, 4) is 17.6 Å². The number of anilines is 1. The number of hydrogen-bond donors (Lipinski definition) is 1. The maximum Gasteiger partial charge on any atom is 0.269 e. The van der Waals surface area contributed by atoms with Crippen LogP contribution in [0.4, 0.5) is 11.4 Å². The number of nitro benzene ring substituents is 1. The zero-order valence-corrected chi connectivity index (χ0v) is 18.7. The summed E-state index contributed by atoms with van der Waals surface area (Å²) < 4.78 is 36.4. The van der Waals surface area contributed by atoms with E-state index in [1.165, 1.54) is 48.5 Å². The van der Waals surface area contributed by atoms with Gasteiger partial charge in [-0.2, -0.15) is 5.26 Å². The van der Waals surface area contributed by atoms with E-state index in [-0.39, 0.29) is 22.1 Å². The fourth-order valence-electron chi connectivity index (χ4n) is 2.91. The van der Waals surface area contributed by atoms with Crippen molar-refractivity contribution >= 4 is 27.1 Å². The van der Waals surface area contributed by atoms with Crippen molar-refractivity contribution in [2.45, 2.75) is 16.7 Å². The largest absolute Gasteiger partial charge is 0.490 e. The first-order valence-corrected chi connectivity index (χ1v) is 11.4. The average Bonchev–Trinajstić information content (AvgIpc) is 2.83. The molecule has 34 heavy (non-hydrogen) atoms. The summed E-state index contributed by atoms with van der Waals surface area (Å²) in [5, 5.41) is 22.3. The Morgan fingerprint density at radius 1 is 1.00 bits per heavy atom. The average molecular weight is 481 g/mol. The number of carbonyl (C=O) groups excluding carboxylic acids is 1. The van der Waals surface area contributed by atoms with Gasteiger partial charge in [0.05, 0.1) is 33.0 Å². The van der Waals surface area contributed by atoms with E-state index in [0.29, 0.717) is 29.4 Å². The van der Waals surface area contributed by atoms with Crippen LogP contribution >= 0.6 is 0 Å². The molecule has 1 N–H and O–H groups in total. The third kappa shape index (κ3) is 5.67. The second kappa shape index (κ2) is 10.5. The number of nitrogens with one attached hydrogen (secondary N) is 1. The third-order valence-electron chi connectivity index (χ3n) is 4.54. The molecular weight excluding hydrogens is 462 g/mol. The standard InChI is InChI=1S/C23H19N3O7S/c1-2-32-22-13-16(14-24)3-12-21(22)33-15-23(27)25-17-4-8-19(9-5-17)34(30,31)20-10-6-18(7-11-20)26(28)29/h3-13H,2,15H2,1H3,(H,25,27). The summed E-state index contributed by atoms with van der Waals surface area (Å²) in [6.07, 6.45) is 0. The topological polar surface area (TPSA) is 149 Å². The minimum Gasteiger partial charge on any atom is -0.490 e. The molecule has 0 saturated carbocycles. The second-order valence-electron chi connectivity index (χ2n) is 6.82. The molecule has 0 aromatic heterocycles. The van der Waals surface area contributed by atoms with Gasteiger partial charge in [-0.05, 0) is 55.5 Å². The summed E-state index contributed by atoms with van der Waals surface area (Å²) in [7, 11) is -3.89. The summed E-state index contributed by atoms with van der Waals surface area (Å²) >= 11 is 0. The molecule has 0 aliphatic rings. The Morgan fingerprint density at radius 3 is 2.18 bits per heavy atom. The highest BCUT2D eigenvalue weighted by atomic mass is 32.2. The monoisotopic (exact) mass is 481 g/mol. The maximum atomic E-state index is 12.7. The summed E-state index contributed by atoms with van der Waals surface area (Å²) in [5.74, 6) is 0.161. The summed E-state index contributed by atoms with van der Waals surface area (Å²) in [5.41, 5.74) is 0.527. The van der Waals surface area contributed by atoms with Crippen molar-refractivity contribution < 1.29 is 27.6 Å². The second-order valence-corrected chi connectivity index (χ2v) is 8.77. The highest BCUT2D eigenvalue weighted by Gasteiger charge is 2.19. The zero-order chi connectivity index (χ0) is 24.7. The molecule has 0 aliphatic heterocycles. The normalized spacial score (nSPS) is 10.7. The van der Waals surface area contributed by atoms with Gasteiger partial charge in [0.25, 0.3) is 11.6 Å². The zero-order valence-electron chi connectivity index (χ0n) is 17.9. The maximum absolute atomic E-state index is 12.7. The Hall–Kier alpha value is -4.43. The van der Waals surface area contributed by atoms with E-state index in [2.05, 4.69) is 5.32 Å². The van der Waals surface area contributed by atoms with Crippen LogP contribution in [0, 0.1) is 21.4 Å². The molecule has 0 spiro atoms. The number of benzene rings is 3. The van der Waals surface area contributed by atoms with Crippen molar-refractivity contribution in [1.82, 2.24) is 0 Å². The predicted molar refractivity (Wildman–Crippen MR) is 121 cm³/mol. The molecule has 0 bridgehead atoms. The quantitative estimate of drug-likeness (QED) is 0.359. The van der Waals surface area contributed by atoms with Crippen molar-refractivity contribution in [3.63, 3.8) is 0 Å². The van der Waals surface area contributed by atoms with Crippen LogP contribution in [-0.4, -0.2) is 32.5 Å². The number of non-ortho nitro benzene ring substituents is 1. The summed E-state index contributed by atoms with van der Waals surface area (Å²) in [6.45, 7) is 1.79. The number of rotatable bonds is 9. The molecule has 3 rings (SSSR count). The fraction of sp³-hybridized carbons (Fsp3) is 0.130. The van der Waals surface area contributed by atoms with Crippen molar-refractivity contribution in [2.75, 3.05) is 18.5 Å². The number of ether oxygens (including phenoxy) is 2. The molecule has 3 aromatic rings. The van der Waals surface area contributed by atoms with E-state index in [9.17, 15) is 23.3 Å². The lowest BCUT2D eigenvalue weighted by atomic mass is 10.2. The molecular formula is C23H19N3O7S. The number of sulfone groups is 1. The van der Waals surface area contributed by atoms with Gasteiger partial charge in [-0.15, -0.1) is 0 Å². The van der Waals surface area contributed by atoms with Crippen molar-refractivity contribution in [1.29, 1.82) is 5.26 Å². The number of carbonyl (C=O) groups is 1. The van der Waals surface area contributed by atoms with Crippen LogP contribution in [0.25, 0.3) is 0 Å². The Kier molecular flexibility index (Phi) is 7.45. The Morgan fingerprint density at radius 2 is 1.62 bits per heavy atom. The lowest BCUT2D eigenvalue weighted by Gasteiger charge is -2.12. The van der Waals surface area contributed by atoms with E-state index >= 15 is 0 Å². The van der Waals surface area contributed by atoms with Gasteiger partial charge in [0, 0.05) is 23.9 Å². The molecule has 3 aromatic carbocycles. The SMILES string of the molecule is CCOc1cc(C#N)ccc1OCC(=O)Nc1ccc(S(=O)(=O)c2ccc([N+](=O)[O-])cc2)cc1. The van der Waals surface area contributed by atoms with Crippen LogP contribution in [0.15, 0.2) is 76.5 Å². The van der Waals surface area contributed by atoms with Gasteiger partial charge in [0.15, 0.2) is 18.1 Å². The van der Waals surface area contributed by atoms with Crippen LogP contribution in [0.5, 0.6) is 11.5 Å². The molecule has 0 heterocycles. The molecule has 0 fully saturated rings. The van der Waals surface area contributed by atoms with Crippen molar-refractivity contribution in [2.24, 2.45) is 0 Å². The Bertz CT molecular complexity index is 1350. The number of amides is 1. The number of nitriles is 1. The van der Waals surface area contributed by atoms with E-state index in [1.54, 1.807) is 13.0 Å². The van der Waals surface area contributed by atoms with Crippen molar-refractivity contribution in [3.05, 3.63) is 82.4 Å². The van der Waals surface area contributed by atoms with Gasteiger partial charge in [0.1, 0.15) is 0 Å². The molecule has 0 aliphatic carbocycles. The van der Waals surface area contributed by atoms with Gasteiger partial charge in [-0.3, -0.25) is 14.9 Å². The molecule has 0 atom stereocenters. The highest BCUT2D eigenvalue weighted by molar-refractivity contribution is 7.91. The van der Waals surface area contributed by atoms with Gasteiger partial charge in [0.2, 0.25) is 9.84 Å². The van der Waals surface area contributed by atoms with Gasteiger partial charge in [-0.1, -0.05) is 0 Å². The Balaban J connectivity index is 1.65. The molecule has 0 radical (unpaired) electrons. The van der Waals surface area contributed by atoms with Crippen LogP contribution in [0.2, 0.25) is 0 Å². The smallest absolute Gasteiger partial charge is 0.269 e. The van der Waals surface area contributed by atoms with Crippen LogP contribution in [0.3, 0.4) is 0 Å².